The van der Waals surface area contributed by atoms with Crippen LogP contribution in [0.25, 0.3) is 0 Å². The van der Waals surface area contributed by atoms with Crippen molar-refractivity contribution in [3.8, 4) is 0 Å². The fourth-order valence-corrected chi connectivity index (χ4v) is 4.43. The van der Waals surface area contributed by atoms with Crippen LogP contribution < -0.4 is 0 Å². The van der Waals surface area contributed by atoms with Crippen LogP contribution in [0, 0.1) is 0 Å². The molecule has 0 saturated heterocycles. The number of aryl methyl sites for hydroxylation is 1. The number of fused-ring (bicyclic) bond motifs is 3. The van der Waals surface area contributed by atoms with Gasteiger partial charge in [0.1, 0.15) is 10.8 Å². The molecule has 0 N–H and O–H groups in total. The second-order valence-electron chi connectivity index (χ2n) is 5.56. The Kier molecular flexibility index (Phi) is 3.57. The fourth-order valence-electron chi connectivity index (χ4n) is 3.12. The van der Waals surface area contributed by atoms with Crippen molar-refractivity contribution in [2.45, 2.75) is 53.0 Å². The number of hydrogen-bond acceptors (Lipinski definition) is 5. The van der Waals surface area contributed by atoms with E-state index in [0.29, 0.717) is 12.4 Å². The standard InChI is InChI=1S/C15H19N3O2S/c1-9-16-15-13(12-6-4-5-7-14(12)21-15)8-17(9)18(10(2)19)11(3)20/h4-8H2,1-3H3. The summed E-state index contributed by atoms with van der Waals surface area (Å²) < 4.78 is 0. The van der Waals surface area contributed by atoms with E-state index in [1.165, 1.54) is 47.7 Å². The summed E-state index contributed by atoms with van der Waals surface area (Å²) >= 11 is 1.77. The zero-order valence-electron chi connectivity index (χ0n) is 12.6. The zero-order chi connectivity index (χ0) is 15.1. The molecule has 6 heteroatoms. The van der Waals surface area contributed by atoms with Crippen LogP contribution in [0.3, 0.4) is 0 Å². The van der Waals surface area contributed by atoms with Crippen molar-refractivity contribution in [1.82, 2.24) is 10.0 Å². The summed E-state index contributed by atoms with van der Waals surface area (Å²) in [6.07, 6.45) is 4.67. The number of hydrazine groups is 1. The highest BCUT2D eigenvalue weighted by molar-refractivity contribution is 7.16. The van der Waals surface area contributed by atoms with E-state index < -0.39 is 0 Å². The lowest BCUT2D eigenvalue weighted by Crippen LogP contribution is -2.50. The Morgan fingerprint density at radius 1 is 1.14 bits per heavy atom. The molecule has 0 saturated carbocycles. The Morgan fingerprint density at radius 2 is 1.81 bits per heavy atom. The van der Waals surface area contributed by atoms with Gasteiger partial charge in [-0.05, 0) is 38.2 Å². The molecule has 21 heavy (non-hydrogen) atoms. The van der Waals surface area contributed by atoms with Crippen LogP contribution in [0.15, 0.2) is 4.99 Å². The Labute approximate surface area is 128 Å². The highest BCUT2D eigenvalue weighted by Gasteiger charge is 2.31. The van der Waals surface area contributed by atoms with Gasteiger partial charge in [-0.25, -0.2) is 4.99 Å². The molecule has 0 fully saturated rings. The third-order valence-electron chi connectivity index (χ3n) is 4.04. The lowest BCUT2D eigenvalue weighted by Gasteiger charge is -2.35. The molecular formula is C15H19N3O2S. The predicted octanol–water partition coefficient (Wildman–Crippen LogP) is 2.80. The first-order chi connectivity index (χ1) is 9.99. The molecule has 0 unspecified atom stereocenters. The molecular weight excluding hydrogens is 286 g/mol. The van der Waals surface area contributed by atoms with Crippen LogP contribution in [-0.2, 0) is 29.0 Å². The smallest absolute Gasteiger partial charge is 0.245 e. The molecule has 1 aromatic heterocycles. The minimum atomic E-state index is -0.274. The number of amides is 2. The number of carbonyl (C=O) groups excluding carboxylic acids is 2. The number of rotatable bonds is 1. The Bertz CT molecular complexity index is 634. The number of thiophene rings is 1. The molecule has 0 aromatic carbocycles. The van der Waals surface area contributed by atoms with Gasteiger partial charge in [0.2, 0.25) is 11.8 Å². The lowest BCUT2D eigenvalue weighted by molar-refractivity contribution is -0.155. The molecule has 2 aliphatic rings. The van der Waals surface area contributed by atoms with Crippen molar-refractivity contribution in [2.75, 3.05) is 0 Å². The van der Waals surface area contributed by atoms with Gasteiger partial charge in [0.05, 0.1) is 6.54 Å². The monoisotopic (exact) mass is 305 g/mol. The first-order valence-corrected chi connectivity index (χ1v) is 8.08. The molecule has 0 radical (unpaired) electrons. The van der Waals surface area contributed by atoms with E-state index in [-0.39, 0.29) is 11.8 Å². The number of aliphatic imine (C=N–C) groups is 1. The van der Waals surface area contributed by atoms with Gasteiger partial charge in [0.15, 0.2) is 0 Å². The minimum absolute atomic E-state index is 0.274. The third kappa shape index (κ3) is 2.37. The highest BCUT2D eigenvalue weighted by atomic mass is 32.1. The van der Waals surface area contributed by atoms with Crippen molar-refractivity contribution in [2.24, 2.45) is 4.99 Å². The first kappa shape index (κ1) is 14.3. The van der Waals surface area contributed by atoms with Crippen molar-refractivity contribution < 1.29 is 9.59 Å². The maximum atomic E-state index is 11.8. The molecule has 2 amide bonds. The molecule has 0 spiro atoms. The van der Waals surface area contributed by atoms with E-state index in [0.717, 1.165) is 17.8 Å². The van der Waals surface area contributed by atoms with E-state index in [1.807, 2.05) is 6.92 Å². The van der Waals surface area contributed by atoms with Crippen LogP contribution in [0.4, 0.5) is 5.00 Å². The summed E-state index contributed by atoms with van der Waals surface area (Å²) in [4.78, 5) is 29.6. The number of hydrogen-bond donors (Lipinski definition) is 0. The van der Waals surface area contributed by atoms with Gasteiger partial charge in [-0.3, -0.25) is 14.6 Å². The van der Waals surface area contributed by atoms with E-state index in [9.17, 15) is 9.59 Å². The largest absolute Gasteiger partial charge is 0.273 e. The molecule has 0 bridgehead atoms. The summed E-state index contributed by atoms with van der Waals surface area (Å²) in [5.41, 5.74) is 2.60. The molecule has 1 aliphatic carbocycles. The van der Waals surface area contributed by atoms with Crippen LogP contribution in [0.1, 0.15) is 49.6 Å². The average molecular weight is 305 g/mol. The van der Waals surface area contributed by atoms with Crippen molar-refractivity contribution in [3.63, 3.8) is 0 Å². The second-order valence-corrected chi connectivity index (χ2v) is 6.64. The summed E-state index contributed by atoms with van der Waals surface area (Å²) in [5.74, 6) is 0.153. The van der Waals surface area contributed by atoms with Gasteiger partial charge in [0, 0.05) is 24.3 Å². The van der Waals surface area contributed by atoms with Gasteiger partial charge in [0.25, 0.3) is 0 Å². The summed E-state index contributed by atoms with van der Waals surface area (Å²) in [5, 5.41) is 3.95. The summed E-state index contributed by atoms with van der Waals surface area (Å²) in [6.45, 7) is 5.23. The van der Waals surface area contributed by atoms with E-state index in [2.05, 4.69) is 4.99 Å². The first-order valence-electron chi connectivity index (χ1n) is 7.26. The van der Waals surface area contributed by atoms with E-state index in [1.54, 1.807) is 16.3 Å². The van der Waals surface area contributed by atoms with Gasteiger partial charge in [-0.1, -0.05) is 0 Å². The lowest BCUT2D eigenvalue weighted by atomic mass is 9.95. The molecule has 5 nitrogen and oxygen atoms in total. The van der Waals surface area contributed by atoms with Crippen molar-refractivity contribution in [3.05, 3.63) is 16.0 Å². The van der Waals surface area contributed by atoms with Gasteiger partial charge < -0.3 is 0 Å². The van der Waals surface area contributed by atoms with Gasteiger partial charge >= 0.3 is 0 Å². The molecule has 0 atom stereocenters. The van der Waals surface area contributed by atoms with Crippen LogP contribution in [0.5, 0.6) is 0 Å². The molecule has 3 rings (SSSR count). The van der Waals surface area contributed by atoms with Gasteiger partial charge in [-0.2, -0.15) is 5.01 Å². The molecule has 1 aromatic rings. The van der Waals surface area contributed by atoms with Crippen molar-refractivity contribution >= 4 is 34.0 Å². The summed E-state index contributed by atoms with van der Waals surface area (Å²) in [7, 11) is 0. The average Bonchev–Trinajstić information content (AvgIpc) is 2.76. The molecule has 112 valence electrons. The molecule has 1 aliphatic heterocycles. The minimum Gasteiger partial charge on any atom is -0.273 e. The number of imide groups is 1. The topological polar surface area (TPSA) is 53.0 Å². The SMILES string of the molecule is CC(=O)N(C(C)=O)N1Cc2c(sc3c2CCCC3)N=C1C. The van der Waals surface area contributed by atoms with Crippen LogP contribution >= 0.6 is 11.3 Å². The predicted molar refractivity (Wildman–Crippen MR) is 82.5 cm³/mol. The number of carbonyl (C=O) groups is 2. The maximum absolute atomic E-state index is 11.8. The third-order valence-corrected chi connectivity index (χ3v) is 5.27. The summed E-state index contributed by atoms with van der Waals surface area (Å²) in [6, 6.07) is 0. The highest BCUT2D eigenvalue weighted by Crippen LogP contribution is 2.42. The second kappa shape index (κ2) is 5.26. The molecule has 2 heterocycles. The van der Waals surface area contributed by atoms with Crippen LogP contribution in [-0.4, -0.2) is 27.7 Å². The van der Waals surface area contributed by atoms with E-state index in [4.69, 9.17) is 0 Å². The Balaban J connectivity index is 2.00. The van der Waals surface area contributed by atoms with Crippen LogP contribution in [0.2, 0.25) is 0 Å². The normalized spacial score (nSPS) is 16.9. The van der Waals surface area contributed by atoms with Gasteiger partial charge in [-0.15, -0.1) is 11.3 Å². The van der Waals surface area contributed by atoms with Crippen molar-refractivity contribution in [1.29, 1.82) is 0 Å². The Morgan fingerprint density at radius 3 is 2.48 bits per heavy atom. The quantitative estimate of drug-likeness (QED) is 0.801. The number of nitrogens with zero attached hydrogens (tertiary/aromatic N) is 3. The number of amidine groups is 1. The zero-order valence-corrected chi connectivity index (χ0v) is 13.4. The van der Waals surface area contributed by atoms with E-state index >= 15 is 0 Å². The Hall–Kier alpha value is -1.69. The maximum Gasteiger partial charge on any atom is 0.245 e. The fraction of sp³-hybridized carbons (Fsp3) is 0.533.